The van der Waals surface area contributed by atoms with Crippen molar-refractivity contribution < 1.29 is 8.42 Å². The van der Waals surface area contributed by atoms with Crippen LogP contribution in [-0.2, 0) is 9.84 Å². The fourth-order valence-corrected chi connectivity index (χ4v) is 3.97. The van der Waals surface area contributed by atoms with E-state index in [0.29, 0.717) is 11.8 Å². The van der Waals surface area contributed by atoms with Crippen LogP contribution in [0.15, 0.2) is 48.1 Å². The fourth-order valence-electron chi connectivity index (χ4n) is 1.33. The van der Waals surface area contributed by atoms with Gasteiger partial charge in [-0.3, -0.25) is 0 Å². The van der Waals surface area contributed by atoms with Gasteiger partial charge < -0.3 is 0 Å². The first-order valence-electron chi connectivity index (χ1n) is 5.08. The van der Waals surface area contributed by atoms with E-state index < -0.39 is 9.84 Å². The van der Waals surface area contributed by atoms with Crippen LogP contribution in [0.5, 0.6) is 0 Å². The van der Waals surface area contributed by atoms with E-state index >= 15 is 0 Å². The summed E-state index contributed by atoms with van der Waals surface area (Å²) in [4.78, 5) is 0. The molecule has 1 rings (SSSR count). The molecular weight excluding hydrogens is 288 g/mol. The molecule has 1 aliphatic rings. The molecule has 0 aromatic rings. The zero-order valence-electron chi connectivity index (χ0n) is 8.97. The lowest BCUT2D eigenvalue weighted by Crippen LogP contribution is -2.13. The number of allylic oxidation sites excluding steroid dienone is 7. The Labute approximate surface area is 105 Å². The summed E-state index contributed by atoms with van der Waals surface area (Å²) in [5.74, 6) is 0.337. The Bertz CT molecular complexity index is 428. The molecule has 0 radical (unpaired) electrons. The second-order valence-electron chi connectivity index (χ2n) is 3.51. The minimum absolute atomic E-state index is 0.146. The average molecular weight is 303 g/mol. The summed E-state index contributed by atoms with van der Waals surface area (Å²) in [6.07, 6.45) is 14.1. The molecule has 0 N–H and O–H groups in total. The molecule has 0 atom stereocenters. The molecule has 0 saturated carbocycles. The van der Waals surface area contributed by atoms with E-state index in [9.17, 15) is 8.42 Å². The van der Waals surface area contributed by atoms with Gasteiger partial charge in [0, 0.05) is 5.33 Å². The first-order valence-corrected chi connectivity index (χ1v) is 8.02. The molecule has 16 heavy (non-hydrogen) atoms. The summed E-state index contributed by atoms with van der Waals surface area (Å²) in [6.45, 7) is 0. The van der Waals surface area contributed by atoms with Crippen LogP contribution < -0.4 is 0 Å². The molecule has 0 aromatic heterocycles. The van der Waals surface area contributed by atoms with E-state index in [1.54, 1.807) is 0 Å². The monoisotopic (exact) mass is 302 g/mol. The SMILES string of the molecule is O=S(=O)(CCBr)C/C1=C/C=C\C=C/C=C\C1. The maximum absolute atomic E-state index is 11.6. The normalized spacial score (nSPS) is 25.7. The number of rotatable bonds is 4. The lowest BCUT2D eigenvalue weighted by atomic mass is 10.2. The number of alkyl halides is 1. The maximum atomic E-state index is 11.6. The Morgan fingerprint density at radius 1 is 1.12 bits per heavy atom. The van der Waals surface area contributed by atoms with Crippen molar-refractivity contribution in [1.82, 2.24) is 0 Å². The predicted octanol–water partition coefficient (Wildman–Crippen LogP) is 2.79. The molecule has 2 nitrogen and oxygen atoms in total. The molecule has 0 aromatic carbocycles. The van der Waals surface area contributed by atoms with Crippen LogP contribution in [0.3, 0.4) is 0 Å². The van der Waals surface area contributed by atoms with Crippen molar-refractivity contribution in [2.45, 2.75) is 6.42 Å². The van der Waals surface area contributed by atoms with Gasteiger partial charge in [0.25, 0.3) is 0 Å². The highest BCUT2D eigenvalue weighted by atomic mass is 79.9. The number of hydrogen-bond acceptors (Lipinski definition) is 2. The van der Waals surface area contributed by atoms with Gasteiger partial charge in [-0.1, -0.05) is 64.0 Å². The molecule has 0 amide bonds. The van der Waals surface area contributed by atoms with E-state index in [0.717, 1.165) is 5.57 Å². The van der Waals surface area contributed by atoms with Crippen LogP contribution in [0.4, 0.5) is 0 Å². The van der Waals surface area contributed by atoms with Crippen molar-refractivity contribution in [3.05, 3.63) is 48.1 Å². The van der Waals surface area contributed by atoms with Crippen molar-refractivity contribution in [3.63, 3.8) is 0 Å². The van der Waals surface area contributed by atoms with E-state index in [1.807, 2.05) is 42.5 Å². The number of halogens is 1. The highest BCUT2D eigenvalue weighted by Gasteiger charge is 2.11. The molecule has 88 valence electrons. The first kappa shape index (κ1) is 13.5. The van der Waals surface area contributed by atoms with Crippen LogP contribution in [0.1, 0.15) is 6.42 Å². The van der Waals surface area contributed by atoms with Crippen LogP contribution in [0.2, 0.25) is 0 Å². The second-order valence-corrected chi connectivity index (χ2v) is 6.49. The minimum atomic E-state index is -2.97. The molecule has 1 aliphatic carbocycles. The Morgan fingerprint density at radius 3 is 2.56 bits per heavy atom. The molecular formula is C12H15BrO2S. The largest absolute Gasteiger partial charge is 0.228 e. The van der Waals surface area contributed by atoms with Crippen molar-refractivity contribution in [1.29, 1.82) is 0 Å². The minimum Gasteiger partial charge on any atom is -0.228 e. The lowest BCUT2D eigenvalue weighted by molar-refractivity contribution is 0.599. The summed E-state index contributed by atoms with van der Waals surface area (Å²) in [6, 6.07) is 0. The third kappa shape index (κ3) is 5.47. The molecule has 0 heterocycles. The number of hydrogen-bond donors (Lipinski definition) is 0. The van der Waals surface area contributed by atoms with Crippen molar-refractivity contribution in [3.8, 4) is 0 Å². The average Bonchev–Trinajstić information content (AvgIpc) is 2.31. The highest BCUT2D eigenvalue weighted by Crippen LogP contribution is 2.10. The van der Waals surface area contributed by atoms with Gasteiger partial charge in [0.1, 0.15) is 0 Å². The van der Waals surface area contributed by atoms with Crippen molar-refractivity contribution in [2.75, 3.05) is 16.8 Å². The van der Waals surface area contributed by atoms with Crippen LogP contribution >= 0.6 is 15.9 Å². The van der Waals surface area contributed by atoms with Crippen molar-refractivity contribution in [2.24, 2.45) is 0 Å². The van der Waals surface area contributed by atoms with Gasteiger partial charge in [-0.25, -0.2) is 8.42 Å². The van der Waals surface area contributed by atoms with Gasteiger partial charge in [0.15, 0.2) is 9.84 Å². The van der Waals surface area contributed by atoms with Gasteiger partial charge in [0.2, 0.25) is 0 Å². The molecule has 0 bridgehead atoms. The molecule has 0 aliphatic heterocycles. The summed E-state index contributed by atoms with van der Waals surface area (Å²) in [5.41, 5.74) is 0.928. The topological polar surface area (TPSA) is 34.1 Å². The third-order valence-electron chi connectivity index (χ3n) is 2.09. The Hall–Kier alpha value is -0.610. The van der Waals surface area contributed by atoms with Crippen LogP contribution in [0, 0.1) is 0 Å². The van der Waals surface area contributed by atoms with E-state index in [1.165, 1.54) is 0 Å². The molecule has 0 saturated heterocycles. The number of sulfone groups is 1. The zero-order valence-corrected chi connectivity index (χ0v) is 11.4. The smallest absolute Gasteiger partial charge is 0.154 e. The standard InChI is InChI=1S/C12H15BrO2S/c13-9-10-16(14,15)11-12-7-5-3-1-2-4-6-8-12/h1-7H,8-11H2/b2-1-,5-3-,6-4-,12-7+. The fraction of sp³-hybridized carbons (Fsp3) is 0.333. The van der Waals surface area contributed by atoms with Gasteiger partial charge in [-0.15, -0.1) is 0 Å². The highest BCUT2D eigenvalue weighted by molar-refractivity contribution is 9.09. The maximum Gasteiger partial charge on any atom is 0.154 e. The van der Waals surface area contributed by atoms with E-state index in [-0.39, 0.29) is 11.5 Å². The second kappa shape index (κ2) is 6.86. The summed E-state index contributed by atoms with van der Waals surface area (Å²) < 4.78 is 23.3. The third-order valence-corrected chi connectivity index (χ3v) is 4.64. The molecule has 0 fully saturated rings. The molecule has 4 heteroatoms. The zero-order chi connectivity index (χ0) is 11.9. The quantitative estimate of drug-likeness (QED) is 0.748. The van der Waals surface area contributed by atoms with Crippen LogP contribution in [0.25, 0.3) is 0 Å². The van der Waals surface area contributed by atoms with E-state index in [2.05, 4.69) is 15.9 Å². The van der Waals surface area contributed by atoms with Crippen LogP contribution in [-0.4, -0.2) is 25.3 Å². The summed E-state index contributed by atoms with van der Waals surface area (Å²) in [5, 5.41) is 0.496. The Morgan fingerprint density at radius 2 is 1.81 bits per heavy atom. The van der Waals surface area contributed by atoms with Gasteiger partial charge in [-0.05, 0) is 6.42 Å². The predicted molar refractivity (Wildman–Crippen MR) is 72.6 cm³/mol. The van der Waals surface area contributed by atoms with Crippen molar-refractivity contribution >= 4 is 25.8 Å². The van der Waals surface area contributed by atoms with Gasteiger partial charge in [0.05, 0.1) is 11.5 Å². The first-order chi connectivity index (χ1) is 7.64. The molecule has 0 unspecified atom stereocenters. The Kier molecular flexibility index (Phi) is 5.77. The molecule has 0 spiro atoms. The van der Waals surface area contributed by atoms with E-state index in [4.69, 9.17) is 0 Å². The van der Waals surface area contributed by atoms with Gasteiger partial charge >= 0.3 is 0 Å². The summed E-state index contributed by atoms with van der Waals surface area (Å²) in [7, 11) is -2.97. The Balaban J connectivity index is 2.73. The van der Waals surface area contributed by atoms with Gasteiger partial charge in [-0.2, -0.15) is 0 Å². The lowest BCUT2D eigenvalue weighted by Gasteiger charge is -2.04. The summed E-state index contributed by atoms with van der Waals surface area (Å²) >= 11 is 3.15.